The van der Waals surface area contributed by atoms with E-state index < -0.39 is 11.5 Å². The Bertz CT molecular complexity index is 421. The summed E-state index contributed by atoms with van der Waals surface area (Å²) in [6.45, 7) is 1.90. The molecule has 4 heteroatoms. The highest BCUT2D eigenvalue weighted by atomic mass is 35.5. The summed E-state index contributed by atoms with van der Waals surface area (Å²) in [5.41, 5.74) is 7.29. The van der Waals surface area contributed by atoms with Gasteiger partial charge in [-0.05, 0) is 30.9 Å². The van der Waals surface area contributed by atoms with E-state index in [4.69, 9.17) is 17.3 Å². The molecule has 0 amide bonds. The van der Waals surface area contributed by atoms with Crippen LogP contribution in [-0.4, -0.2) is 5.92 Å². The molecule has 0 aromatic heterocycles. The van der Waals surface area contributed by atoms with E-state index in [2.05, 4.69) is 0 Å². The van der Waals surface area contributed by atoms with Gasteiger partial charge in [0.15, 0.2) is 0 Å². The molecule has 1 aromatic rings. The van der Waals surface area contributed by atoms with Gasteiger partial charge < -0.3 is 5.73 Å². The van der Waals surface area contributed by atoms with Gasteiger partial charge in [-0.2, -0.15) is 0 Å². The lowest BCUT2D eigenvalue weighted by molar-refractivity contribution is -0.0514. The largest absolute Gasteiger partial charge is 0.321 e. The molecular weight excluding hydrogens is 244 g/mol. The molecule has 0 spiro atoms. The molecule has 0 heterocycles. The molecule has 0 aliphatic heterocycles. The highest BCUT2D eigenvalue weighted by molar-refractivity contribution is 6.32. The zero-order valence-electron chi connectivity index (χ0n) is 9.77. The fourth-order valence-electron chi connectivity index (χ4n) is 2.36. The Morgan fingerprint density at radius 3 is 2.35 bits per heavy atom. The van der Waals surface area contributed by atoms with Crippen LogP contribution >= 0.6 is 11.6 Å². The maximum atomic E-state index is 13.2. The predicted molar refractivity (Wildman–Crippen MR) is 65.5 cm³/mol. The number of halogens is 3. The van der Waals surface area contributed by atoms with Gasteiger partial charge in [0.05, 0.1) is 0 Å². The fourth-order valence-corrected chi connectivity index (χ4v) is 2.68. The van der Waals surface area contributed by atoms with Gasteiger partial charge in [-0.25, -0.2) is 8.78 Å². The normalized spacial score (nSPS) is 22.4. The minimum absolute atomic E-state index is 0.159. The van der Waals surface area contributed by atoms with E-state index in [1.165, 1.54) is 0 Å². The van der Waals surface area contributed by atoms with Crippen molar-refractivity contribution in [3.05, 3.63) is 34.3 Å². The summed E-state index contributed by atoms with van der Waals surface area (Å²) >= 11 is 6.22. The van der Waals surface area contributed by atoms with Gasteiger partial charge in [0.25, 0.3) is 0 Å². The quantitative estimate of drug-likeness (QED) is 0.810. The summed E-state index contributed by atoms with van der Waals surface area (Å²) in [5, 5.41) is 0.611. The van der Waals surface area contributed by atoms with Crippen LogP contribution in [0.3, 0.4) is 0 Å². The molecule has 1 fully saturated rings. The standard InChI is InChI=1S/C13H16ClF2N/c1-9-3-2-4-10(11(9)14)12(17)5-7-13(15,16)8-6-12/h2-4H,5-8,17H2,1H3. The summed E-state index contributed by atoms with van der Waals surface area (Å²) in [6.07, 6.45) is 0.244. The van der Waals surface area contributed by atoms with E-state index in [1.54, 1.807) is 0 Å². The molecule has 2 rings (SSSR count). The van der Waals surface area contributed by atoms with E-state index in [-0.39, 0.29) is 25.7 Å². The summed E-state index contributed by atoms with van der Waals surface area (Å²) in [7, 11) is 0. The van der Waals surface area contributed by atoms with Gasteiger partial charge in [-0.3, -0.25) is 0 Å². The van der Waals surface area contributed by atoms with E-state index in [0.29, 0.717) is 5.02 Å². The molecule has 0 atom stereocenters. The number of aryl methyl sites for hydroxylation is 1. The average Bonchev–Trinajstić information content (AvgIpc) is 2.27. The van der Waals surface area contributed by atoms with E-state index in [0.717, 1.165) is 11.1 Å². The van der Waals surface area contributed by atoms with Crippen molar-refractivity contribution in [2.75, 3.05) is 0 Å². The number of benzene rings is 1. The second kappa shape index (κ2) is 4.21. The topological polar surface area (TPSA) is 26.0 Å². The molecule has 1 nitrogen and oxygen atoms in total. The van der Waals surface area contributed by atoms with Crippen molar-refractivity contribution in [3.63, 3.8) is 0 Å². The molecule has 1 aliphatic carbocycles. The summed E-state index contributed by atoms with van der Waals surface area (Å²) in [4.78, 5) is 0. The smallest absolute Gasteiger partial charge is 0.248 e. The van der Waals surface area contributed by atoms with Crippen LogP contribution < -0.4 is 5.73 Å². The third-order valence-corrected chi connectivity index (χ3v) is 4.10. The molecule has 1 aromatic carbocycles. The Hall–Kier alpha value is -0.670. The molecular formula is C13H16ClF2N. The van der Waals surface area contributed by atoms with Crippen LogP contribution in [0.4, 0.5) is 8.78 Å². The summed E-state index contributed by atoms with van der Waals surface area (Å²) in [5.74, 6) is -2.57. The number of hydrogen-bond acceptors (Lipinski definition) is 1. The third kappa shape index (κ3) is 2.45. The van der Waals surface area contributed by atoms with E-state index in [1.807, 2.05) is 25.1 Å². The predicted octanol–water partition coefficient (Wildman–Crippen LogP) is 4.01. The lowest BCUT2D eigenvalue weighted by atomic mass is 9.76. The maximum Gasteiger partial charge on any atom is 0.248 e. The first-order chi connectivity index (χ1) is 7.84. The van der Waals surface area contributed by atoms with Crippen molar-refractivity contribution in [1.82, 2.24) is 0 Å². The van der Waals surface area contributed by atoms with Gasteiger partial charge in [0, 0.05) is 23.4 Å². The number of nitrogens with two attached hydrogens (primary N) is 1. The second-order valence-corrected chi connectivity index (χ2v) is 5.33. The van der Waals surface area contributed by atoms with Crippen molar-refractivity contribution >= 4 is 11.6 Å². The van der Waals surface area contributed by atoms with E-state index in [9.17, 15) is 8.78 Å². The van der Waals surface area contributed by atoms with Gasteiger partial charge in [-0.1, -0.05) is 29.8 Å². The first kappa shape index (κ1) is 12.8. The molecule has 17 heavy (non-hydrogen) atoms. The van der Waals surface area contributed by atoms with Crippen LogP contribution in [-0.2, 0) is 5.54 Å². The lowest BCUT2D eigenvalue weighted by Gasteiger charge is -2.38. The Labute approximate surface area is 105 Å². The second-order valence-electron chi connectivity index (χ2n) is 4.95. The Balaban J connectivity index is 2.31. The summed E-state index contributed by atoms with van der Waals surface area (Å²) in [6, 6.07) is 5.61. The molecule has 0 bridgehead atoms. The van der Waals surface area contributed by atoms with Gasteiger partial charge >= 0.3 is 0 Å². The lowest BCUT2D eigenvalue weighted by Crippen LogP contribution is -2.43. The van der Waals surface area contributed by atoms with Crippen molar-refractivity contribution in [1.29, 1.82) is 0 Å². The molecule has 1 aliphatic rings. The zero-order chi connectivity index (χ0) is 12.7. The highest BCUT2D eigenvalue weighted by Crippen LogP contribution is 2.44. The van der Waals surface area contributed by atoms with Crippen molar-refractivity contribution in [2.24, 2.45) is 5.73 Å². The summed E-state index contributed by atoms with van der Waals surface area (Å²) < 4.78 is 26.3. The molecule has 0 saturated heterocycles. The SMILES string of the molecule is Cc1cccc(C2(N)CCC(F)(F)CC2)c1Cl. The molecule has 2 N–H and O–H groups in total. The Morgan fingerprint density at radius 1 is 1.18 bits per heavy atom. The number of hydrogen-bond donors (Lipinski definition) is 1. The number of rotatable bonds is 1. The minimum Gasteiger partial charge on any atom is -0.321 e. The zero-order valence-corrected chi connectivity index (χ0v) is 10.5. The van der Waals surface area contributed by atoms with Gasteiger partial charge in [0.2, 0.25) is 5.92 Å². The van der Waals surface area contributed by atoms with Gasteiger partial charge in [0.1, 0.15) is 0 Å². The van der Waals surface area contributed by atoms with Crippen molar-refractivity contribution in [2.45, 2.75) is 44.1 Å². The highest BCUT2D eigenvalue weighted by Gasteiger charge is 2.42. The first-order valence-electron chi connectivity index (χ1n) is 5.76. The Kier molecular flexibility index (Phi) is 3.17. The van der Waals surface area contributed by atoms with Crippen molar-refractivity contribution < 1.29 is 8.78 Å². The average molecular weight is 260 g/mol. The fraction of sp³-hybridized carbons (Fsp3) is 0.538. The maximum absolute atomic E-state index is 13.2. The number of alkyl halides is 2. The van der Waals surface area contributed by atoms with Crippen LogP contribution in [0.2, 0.25) is 5.02 Å². The first-order valence-corrected chi connectivity index (χ1v) is 6.14. The minimum atomic E-state index is -2.57. The van der Waals surface area contributed by atoms with Crippen LogP contribution in [0.25, 0.3) is 0 Å². The van der Waals surface area contributed by atoms with Crippen LogP contribution in [0, 0.1) is 6.92 Å². The molecule has 94 valence electrons. The van der Waals surface area contributed by atoms with Crippen LogP contribution in [0.1, 0.15) is 36.8 Å². The Morgan fingerprint density at radius 2 is 1.76 bits per heavy atom. The monoisotopic (exact) mass is 259 g/mol. The molecule has 0 radical (unpaired) electrons. The van der Waals surface area contributed by atoms with E-state index >= 15 is 0 Å². The van der Waals surface area contributed by atoms with Crippen LogP contribution in [0.15, 0.2) is 18.2 Å². The third-order valence-electron chi connectivity index (χ3n) is 3.60. The van der Waals surface area contributed by atoms with Crippen LogP contribution in [0.5, 0.6) is 0 Å². The molecule has 0 unspecified atom stereocenters. The van der Waals surface area contributed by atoms with Crippen molar-refractivity contribution in [3.8, 4) is 0 Å². The molecule has 1 saturated carbocycles. The van der Waals surface area contributed by atoms with Gasteiger partial charge in [-0.15, -0.1) is 0 Å².